The van der Waals surface area contributed by atoms with Crippen LogP contribution in [0.3, 0.4) is 0 Å². The van der Waals surface area contributed by atoms with Crippen LogP contribution in [0.5, 0.6) is 0 Å². The normalized spacial score (nSPS) is 19.0. The number of hydrogen-bond acceptors (Lipinski definition) is 0. The van der Waals surface area contributed by atoms with Gasteiger partial charge < -0.3 is 0 Å². The van der Waals surface area contributed by atoms with Crippen molar-refractivity contribution in [2.75, 3.05) is 0 Å². The molecule has 4 heteroatoms. The molecule has 2 aliphatic carbocycles. The standard InChI is InChI=1S/2C13H21.2CH3.2ClH.Hf.H2Si/c2*1-12(2,3)10-7-8-11(9-10)13(4,5)6;;;;;;/h2*9H,7H2,1-6H3;2*1H3;2*1H;;1H2. The monoisotopic (exact) mass is 666 g/mol. The van der Waals surface area contributed by atoms with Crippen LogP contribution in [0.1, 0.15) is 95.9 Å². The molecule has 0 amide bonds. The first-order valence-electron chi connectivity index (χ1n) is 11.9. The Balaban J connectivity index is 0.00000480. The van der Waals surface area contributed by atoms with Crippen molar-refractivity contribution in [2.24, 2.45) is 21.7 Å². The number of hydrogen-bond donors (Lipinski definition) is 0. The van der Waals surface area contributed by atoms with Crippen LogP contribution in [0.4, 0.5) is 0 Å². The van der Waals surface area contributed by atoms with Crippen LogP contribution < -0.4 is 0 Å². The fourth-order valence-corrected chi connectivity index (χ4v) is 26.4. The van der Waals surface area contributed by atoms with Gasteiger partial charge in [0.2, 0.25) is 0 Å². The summed E-state index contributed by atoms with van der Waals surface area (Å²) in [6.07, 6.45) is 7.62. The van der Waals surface area contributed by atoms with Gasteiger partial charge in [-0.1, -0.05) is 0 Å². The predicted octanol–water partition coefficient (Wildman–Crippen LogP) is 9.52. The van der Waals surface area contributed by atoms with Gasteiger partial charge in [-0.25, -0.2) is 0 Å². The summed E-state index contributed by atoms with van der Waals surface area (Å²) >= 11 is -3.51. The molecule has 0 aromatic heterocycles. The van der Waals surface area contributed by atoms with Gasteiger partial charge in [-0.3, -0.25) is 0 Å². The molecular weight excluding hydrogens is 614 g/mol. The quantitative estimate of drug-likeness (QED) is 0.258. The van der Waals surface area contributed by atoms with Crippen LogP contribution in [0.25, 0.3) is 0 Å². The molecule has 0 fully saturated rings. The third kappa shape index (κ3) is 6.44. The Hall–Kier alpha value is 0.627. The minimum atomic E-state index is -3.51. The van der Waals surface area contributed by atoms with Crippen molar-refractivity contribution >= 4 is 31.8 Å². The van der Waals surface area contributed by atoms with E-state index in [0.29, 0.717) is 0 Å². The topological polar surface area (TPSA) is 0 Å². The SMILES string of the molecule is CC(C)(C)C1=CC(C(C)(C)C)=[C]([Hf]([CH3])([CH3])(=[SiH2])[C]2=C(C(C)(C)C)C=C(C(C)(C)C)C2)C1.Cl.Cl. The molecule has 0 N–H and O–H groups in total. The Bertz CT molecular complexity index is 865. The van der Waals surface area contributed by atoms with E-state index in [1.807, 2.05) is 6.66 Å². The summed E-state index contributed by atoms with van der Waals surface area (Å²) in [5.74, 6) is 0. The molecule has 0 unspecified atom stereocenters. The van der Waals surface area contributed by atoms with E-state index in [-0.39, 0.29) is 46.5 Å². The largest absolute Gasteiger partial charge is 0.147 e. The van der Waals surface area contributed by atoms with Crippen molar-refractivity contribution in [2.45, 2.75) is 105 Å². The van der Waals surface area contributed by atoms with Crippen molar-refractivity contribution in [3.8, 4) is 0 Å². The molecule has 0 radical (unpaired) electrons. The first-order valence-corrected chi connectivity index (χ1v) is 31.0. The van der Waals surface area contributed by atoms with Crippen molar-refractivity contribution < 1.29 is 17.1 Å². The van der Waals surface area contributed by atoms with Crippen LogP contribution in [-0.2, 0) is 17.1 Å². The average Bonchev–Trinajstić information content (AvgIpc) is 3.11. The number of halogens is 2. The number of allylic oxidation sites excluding steroid dienone is 8. The first kappa shape index (κ1) is 32.6. The van der Waals surface area contributed by atoms with E-state index in [0.717, 1.165) is 0 Å². The molecule has 0 aliphatic heterocycles. The maximum absolute atomic E-state index is 3.51. The zero-order chi connectivity index (χ0) is 23.7. The molecule has 2 aliphatic rings. The van der Waals surface area contributed by atoms with E-state index in [1.54, 1.807) is 22.3 Å². The molecule has 0 aromatic rings. The maximum atomic E-state index is 2.75. The first-order chi connectivity index (χ1) is 12.9. The van der Waals surface area contributed by atoms with Gasteiger partial charge in [-0.05, 0) is 0 Å². The van der Waals surface area contributed by atoms with Gasteiger partial charge in [-0.2, -0.15) is 0 Å². The zero-order valence-corrected chi connectivity index (χ0v) is 30.2. The molecule has 0 spiro atoms. The fourth-order valence-electron chi connectivity index (χ4n) is 5.11. The van der Waals surface area contributed by atoms with Gasteiger partial charge in [0.25, 0.3) is 0 Å². The van der Waals surface area contributed by atoms with Crippen molar-refractivity contribution in [3.63, 3.8) is 0 Å². The third-order valence-corrected chi connectivity index (χ3v) is 31.6. The molecule has 186 valence electrons. The Morgan fingerprint density at radius 3 is 1.00 bits per heavy atom. The van der Waals surface area contributed by atoms with Crippen LogP contribution in [0, 0.1) is 21.7 Å². The van der Waals surface area contributed by atoms with Gasteiger partial charge in [0, 0.05) is 0 Å². The summed E-state index contributed by atoms with van der Waals surface area (Å²) in [6, 6.07) is 0. The summed E-state index contributed by atoms with van der Waals surface area (Å²) in [5.41, 5.74) is 7.49. The van der Waals surface area contributed by atoms with Crippen LogP contribution in [0.2, 0.25) is 9.36 Å². The fraction of sp³-hybridized carbons (Fsp3) is 0.714. The summed E-state index contributed by atoms with van der Waals surface area (Å²) in [6.45, 7) is 31.4. The zero-order valence-electron chi connectivity index (χ0n) is 23.6. The minimum absolute atomic E-state index is 0. The van der Waals surface area contributed by atoms with E-state index in [4.69, 9.17) is 0 Å². The summed E-state index contributed by atoms with van der Waals surface area (Å²) < 4.78 is 9.22. The molecule has 0 saturated heterocycles. The maximum Gasteiger partial charge on any atom is -0.147 e. The van der Waals surface area contributed by atoms with Gasteiger partial charge in [0.05, 0.1) is 0 Å². The molecule has 0 heterocycles. The van der Waals surface area contributed by atoms with E-state index in [9.17, 15) is 0 Å². The van der Waals surface area contributed by atoms with Gasteiger partial charge in [0.15, 0.2) is 0 Å². The smallest absolute Gasteiger partial charge is 0.147 e. The second-order valence-electron chi connectivity index (χ2n) is 15.2. The summed E-state index contributed by atoms with van der Waals surface area (Å²) in [4.78, 5) is 0. The Morgan fingerprint density at radius 1 is 0.562 bits per heavy atom. The Kier molecular flexibility index (Phi) is 9.43. The summed E-state index contributed by atoms with van der Waals surface area (Å²) in [7, 11) is 0. The van der Waals surface area contributed by atoms with Crippen LogP contribution in [-0.4, -0.2) is 6.94 Å². The van der Waals surface area contributed by atoms with Crippen molar-refractivity contribution in [3.05, 3.63) is 41.1 Å². The third-order valence-electron chi connectivity index (χ3n) is 7.50. The average molecular weight is 666 g/mol. The van der Waals surface area contributed by atoms with Crippen LogP contribution in [0.15, 0.2) is 41.1 Å². The second-order valence-corrected chi connectivity index (χ2v) is 56.2. The van der Waals surface area contributed by atoms with Gasteiger partial charge in [-0.15, -0.1) is 24.8 Å². The van der Waals surface area contributed by atoms with Crippen molar-refractivity contribution in [1.29, 1.82) is 0 Å². The molecule has 0 nitrogen and oxygen atoms in total. The van der Waals surface area contributed by atoms with E-state index in [2.05, 4.69) is 112 Å². The Morgan fingerprint density at radius 2 is 0.812 bits per heavy atom. The predicted molar refractivity (Wildman–Crippen MR) is 152 cm³/mol. The molecule has 0 bridgehead atoms. The molecule has 2 rings (SSSR count). The number of rotatable bonds is 2. The van der Waals surface area contributed by atoms with Gasteiger partial charge >= 0.3 is 192 Å². The van der Waals surface area contributed by atoms with E-state index >= 15 is 0 Å². The molecule has 32 heavy (non-hydrogen) atoms. The molecule has 0 aromatic carbocycles. The Labute approximate surface area is 215 Å². The minimum Gasteiger partial charge on any atom is -0.147 e. The molecule has 0 atom stereocenters. The van der Waals surface area contributed by atoms with E-state index < -0.39 is 17.1 Å². The van der Waals surface area contributed by atoms with Crippen LogP contribution >= 0.6 is 24.8 Å². The van der Waals surface area contributed by atoms with Crippen molar-refractivity contribution in [1.82, 2.24) is 0 Å². The second kappa shape index (κ2) is 9.25. The van der Waals surface area contributed by atoms with Gasteiger partial charge in [0.1, 0.15) is 0 Å². The summed E-state index contributed by atoms with van der Waals surface area (Å²) in [5, 5.41) is 0. The molecule has 0 saturated carbocycles. The van der Waals surface area contributed by atoms with E-state index in [1.165, 1.54) is 12.8 Å². The molecular formula is C28H52Cl2HfSi.